The quantitative estimate of drug-likeness (QED) is 0.552. The van der Waals surface area contributed by atoms with E-state index in [1.807, 2.05) is 0 Å². The predicted octanol–water partition coefficient (Wildman–Crippen LogP) is 0.269. The molecule has 1 aromatic heterocycles. The standard InChI is InChI=1S/C14H16N2O5/c1-20-13(18)9-16(10-14(19)21-2)12(17)6-5-11-4-3-7-15-8-11/h3-8H,9-10H2,1-2H3. The number of hydrogen-bond acceptors (Lipinski definition) is 6. The Bertz CT molecular complexity index is 509. The van der Waals surface area contributed by atoms with E-state index in [-0.39, 0.29) is 13.1 Å². The van der Waals surface area contributed by atoms with Gasteiger partial charge in [-0.1, -0.05) is 6.07 Å². The zero-order valence-electron chi connectivity index (χ0n) is 11.8. The summed E-state index contributed by atoms with van der Waals surface area (Å²) in [5.41, 5.74) is 0.724. The van der Waals surface area contributed by atoms with E-state index in [4.69, 9.17) is 0 Å². The van der Waals surface area contributed by atoms with Crippen LogP contribution in [0.1, 0.15) is 5.56 Å². The minimum absolute atomic E-state index is 0.332. The van der Waals surface area contributed by atoms with E-state index in [0.29, 0.717) is 0 Å². The average Bonchev–Trinajstić information content (AvgIpc) is 2.52. The zero-order chi connectivity index (χ0) is 15.7. The number of methoxy groups -OCH3 is 2. The fourth-order valence-corrected chi connectivity index (χ4v) is 1.40. The molecule has 0 radical (unpaired) electrons. The summed E-state index contributed by atoms with van der Waals surface area (Å²) >= 11 is 0. The SMILES string of the molecule is COC(=O)CN(CC(=O)OC)C(=O)C=Cc1cccnc1. The predicted molar refractivity (Wildman–Crippen MR) is 73.9 cm³/mol. The van der Waals surface area contributed by atoms with E-state index in [1.54, 1.807) is 24.5 Å². The summed E-state index contributed by atoms with van der Waals surface area (Å²) in [5.74, 6) is -1.75. The highest BCUT2D eigenvalue weighted by Gasteiger charge is 2.19. The molecule has 1 aromatic rings. The lowest BCUT2D eigenvalue weighted by atomic mass is 10.2. The van der Waals surface area contributed by atoms with Crippen LogP contribution in [0.5, 0.6) is 0 Å². The monoisotopic (exact) mass is 292 g/mol. The van der Waals surface area contributed by atoms with Gasteiger partial charge in [0, 0.05) is 18.5 Å². The maximum absolute atomic E-state index is 12.0. The second-order valence-electron chi connectivity index (χ2n) is 3.97. The molecule has 1 rings (SSSR count). The third-order valence-electron chi connectivity index (χ3n) is 2.51. The molecule has 0 spiro atoms. The molecule has 0 aliphatic carbocycles. The Labute approximate surface area is 122 Å². The number of hydrogen-bond donors (Lipinski definition) is 0. The number of esters is 2. The lowest BCUT2D eigenvalue weighted by Crippen LogP contribution is -2.39. The van der Waals surface area contributed by atoms with Gasteiger partial charge in [-0.15, -0.1) is 0 Å². The Morgan fingerprint density at radius 2 is 1.81 bits per heavy atom. The summed E-state index contributed by atoms with van der Waals surface area (Å²) < 4.78 is 8.98. The molecular formula is C14H16N2O5. The average molecular weight is 292 g/mol. The van der Waals surface area contributed by atoms with Crippen molar-refractivity contribution in [2.24, 2.45) is 0 Å². The summed E-state index contributed by atoms with van der Waals surface area (Å²) in [6.07, 6.45) is 5.98. The van der Waals surface area contributed by atoms with Crippen LogP contribution < -0.4 is 0 Å². The number of amides is 1. The maximum atomic E-state index is 12.0. The third-order valence-corrected chi connectivity index (χ3v) is 2.51. The number of aromatic nitrogens is 1. The normalized spacial score (nSPS) is 10.2. The van der Waals surface area contributed by atoms with Crippen LogP contribution in [0.25, 0.3) is 6.08 Å². The summed E-state index contributed by atoms with van der Waals surface area (Å²) in [4.78, 5) is 39.5. The number of rotatable bonds is 6. The maximum Gasteiger partial charge on any atom is 0.325 e. The van der Waals surface area contributed by atoms with Crippen LogP contribution in [0.4, 0.5) is 0 Å². The molecule has 0 fully saturated rings. The molecular weight excluding hydrogens is 276 g/mol. The van der Waals surface area contributed by atoms with Crippen molar-refractivity contribution in [1.29, 1.82) is 0 Å². The summed E-state index contributed by atoms with van der Waals surface area (Å²) in [5, 5.41) is 0. The van der Waals surface area contributed by atoms with E-state index >= 15 is 0 Å². The smallest absolute Gasteiger partial charge is 0.325 e. The highest BCUT2D eigenvalue weighted by molar-refractivity contribution is 5.95. The molecule has 0 N–H and O–H groups in total. The molecule has 0 atom stereocenters. The first kappa shape index (κ1) is 16.4. The largest absolute Gasteiger partial charge is 0.468 e. The van der Waals surface area contributed by atoms with Crippen LogP contribution >= 0.6 is 0 Å². The number of ether oxygens (including phenoxy) is 2. The molecule has 0 aliphatic rings. The van der Waals surface area contributed by atoms with E-state index in [9.17, 15) is 14.4 Å². The molecule has 21 heavy (non-hydrogen) atoms. The number of carbonyl (C=O) groups excluding carboxylic acids is 3. The van der Waals surface area contributed by atoms with Gasteiger partial charge in [0.25, 0.3) is 0 Å². The Kier molecular flexibility index (Phi) is 6.59. The summed E-state index contributed by atoms with van der Waals surface area (Å²) in [6.45, 7) is -0.663. The first-order valence-electron chi connectivity index (χ1n) is 6.07. The van der Waals surface area contributed by atoms with Crippen molar-refractivity contribution in [3.05, 3.63) is 36.2 Å². The van der Waals surface area contributed by atoms with Crippen molar-refractivity contribution >= 4 is 23.9 Å². The molecule has 1 amide bonds. The summed E-state index contributed by atoms with van der Waals surface area (Å²) in [6, 6.07) is 3.49. The Morgan fingerprint density at radius 3 is 2.29 bits per heavy atom. The van der Waals surface area contributed by atoms with E-state index in [2.05, 4.69) is 14.5 Å². The minimum Gasteiger partial charge on any atom is -0.468 e. The second-order valence-corrected chi connectivity index (χ2v) is 3.97. The van der Waals surface area contributed by atoms with Crippen molar-refractivity contribution in [3.63, 3.8) is 0 Å². The Balaban J connectivity index is 2.76. The first-order chi connectivity index (χ1) is 10.1. The fourth-order valence-electron chi connectivity index (χ4n) is 1.40. The van der Waals surface area contributed by atoms with Gasteiger partial charge in [0.05, 0.1) is 14.2 Å². The van der Waals surface area contributed by atoms with Crippen LogP contribution in [-0.4, -0.2) is 55.0 Å². The van der Waals surface area contributed by atoms with E-state index < -0.39 is 17.8 Å². The van der Waals surface area contributed by atoms with Crippen molar-refractivity contribution in [3.8, 4) is 0 Å². The Morgan fingerprint density at radius 1 is 1.19 bits per heavy atom. The van der Waals surface area contributed by atoms with E-state index in [0.717, 1.165) is 10.5 Å². The third kappa shape index (κ3) is 5.85. The van der Waals surface area contributed by atoms with Gasteiger partial charge in [-0.2, -0.15) is 0 Å². The summed E-state index contributed by atoms with van der Waals surface area (Å²) in [7, 11) is 2.41. The lowest BCUT2D eigenvalue weighted by molar-refractivity contribution is -0.150. The second kappa shape index (κ2) is 8.47. The Hall–Kier alpha value is -2.70. The minimum atomic E-state index is -0.623. The molecule has 1 heterocycles. The van der Waals surface area contributed by atoms with Gasteiger partial charge >= 0.3 is 11.9 Å². The van der Waals surface area contributed by atoms with Crippen LogP contribution in [-0.2, 0) is 23.9 Å². The van der Waals surface area contributed by atoms with Crippen molar-refractivity contribution in [2.75, 3.05) is 27.3 Å². The van der Waals surface area contributed by atoms with E-state index in [1.165, 1.54) is 26.4 Å². The van der Waals surface area contributed by atoms with Crippen LogP contribution in [0.2, 0.25) is 0 Å². The molecule has 112 valence electrons. The molecule has 0 saturated heterocycles. The molecule has 7 nitrogen and oxygen atoms in total. The molecule has 0 saturated carbocycles. The highest BCUT2D eigenvalue weighted by Crippen LogP contribution is 2.01. The van der Waals surface area contributed by atoms with Gasteiger partial charge in [0.15, 0.2) is 0 Å². The van der Waals surface area contributed by atoms with Crippen molar-refractivity contribution in [2.45, 2.75) is 0 Å². The highest BCUT2D eigenvalue weighted by atomic mass is 16.5. The van der Waals surface area contributed by atoms with Gasteiger partial charge in [0.1, 0.15) is 13.1 Å². The first-order valence-corrected chi connectivity index (χ1v) is 6.07. The molecule has 0 bridgehead atoms. The molecule has 0 aliphatic heterocycles. The lowest BCUT2D eigenvalue weighted by Gasteiger charge is -2.18. The van der Waals surface area contributed by atoms with Gasteiger partial charge in [0.2, 0.25) is 5.91 Å². The molecule has 0 aromatic carbocycles. The molecule has 7 heteroatoms. The van der Waals surface area contributed by atoms with Gasteiger partial charge in [-0.25, -0.2) is 0 Å². The van der Waals surface area contributed by atoms with Gasteiger partial charge in [-0.05, 0) is 17.7 Å². The number of pyridine rings is 1. The van der Waals surface area contributed by atoms with Crippen molar-refractivity contribution in [1.82, 2.24) is 9.88 Å². The van der Waals surface area contributed by atoms with Crippen LogP contribution in [0.3, 0.4) is 0 Å². The van der Waals surface area contributed by atoms with Crippen LogP contribution in [0, 0.1) is 0 Å². The van der Waals surface area contributed by atoms with Crippen LogP contribution in [0.15, 0.2) is 30.6 Å². The number of carbonyl (C=O) groups is 3. The number of nitrogens with zero attached hydrogens (tertiary/aromatic N) is 2. The molecule has 0 unspecified atom stereocenters. The van der Waals surface area contributed by atoms with Gasteiger partial charge in [-0.3, -0.25) is 19.4 Å². The zero-order valence-corrected chi connectivity index (χ0v) is 11.8. The van der Waals surface area contributed by atoms with Gasteiger partial charge < -0.3 is 14.4 Å². The van der Waals surface area contributed by atoms with Crippen molar-refractivity contribution < 1.29 is 23.9 Å². The fraction of sp³-hybridized carbons (Fsp3) is 0.286. The topological polar surface area (TPSA) is 85.8 Å².